The van der Waals surface area contributed by atoms with Crippen molar-refractivity contribution in [2.75, 3.05) is 13.1 Å². The third kappa shape index (κ3) is 0.975. The van der Waals surface area contributed by atoms with Crippen LogP contribution in [-0.2, 0) is 0 Å². The molecular formula is C5H10N2O3. The Labute approximate surface area is 58.2 Å². The van der Waals surface area contributed by atoms with Crippen LogP contribution in [0.2, 0.25) is 0 Å². The number of β-amino-alcohol motifs (C(OH)–C–C–N with tert-alkyl or cyclic N) is 1. The summed E-state index contributed by atoms with van der Waals surface area (Å²) in [4.78, 5) is 9.70. The average Bonchev–Trinajstić information content (AvgIpc) is 1.81. The van der Waals surface area contributed by atoms with Gasteiger partial charge in [0.1, 0.15) is 0 Å². The molecule has 1 aliphatic rings. The Morgan fingerprint density at radius 1 is 1.80 bits per heavy atom. The third-order valence-electron chi connectivity index (χ3n) is 1.96. The minimum absolute atomic E-state index is 0.329. The van der Waals surface area contributed by atoms with Crippen molar-refractivity contribution in [1.82, 2.24) is 5.32 Å². The van der Waals surface area contributed by atoms with Crippen molar-refractivity contribution >= 4 is 0 Å². The lowest BCUT2D eigenvalue weighted by molar-refractivity contribution is -0.543. The molecule has 0 spiro atoms. The third-order valence-corrected chi connectivity index (χ3v) is 1.96. The Balaban J connectivity index is 2.54. The van der Waals surface area contributed by atoms with Crippen molar-refractivity contribution in [2.24, 2.45) is 0 Å². The molecule has 5 heteroatoms. The van der Waals surface area contributed by atoms with E-state index in [0.29, 0.717) is 13.1 Å². The molecule has 1 heterocycles. The van der Waals surface area contributed by atoms with Gasteiger partial charge in [0.2, 0.25) is 6.04 Å². The predicted molar refractivity (Wildman–Crippen MR) is 34.3 cm³/mol. The fourth-order valence-corrected chi connectivity index (χ4v) is 0.873. The van der Waals surface area contributed by atoms with Crippen molar-refractivity contribution in [2.45, 2.75) is 18.6 Å². The first-order valence-electron chi connectivity index (χ1n) is 3.13. The minimum atomic E-state index is -1.11. The number of nitrogens with one attached hydrogen (secondary N) is 1. The van der Waals surface area contributed by atoms with Gasteiger partial charge in [-0.1, -0.05) is 0 Å². The molecule has 58 valence electrons. The van der Waals surface area contributed by atoms with Crippen LogP contribution in [0.1, 0.15) is 6.92 Å². The van der Waals surface area contributed by atoms with Crippen LogP contribution in [0, 0.1) is 10.1 Å². The topological polar surface area (TPSA) is 75.4 Å². The number of rotatable bonds is 2. The van der Waals surface area contributed by atoms with Crippen LogP contribution < -0.4 is 5.32 Å². The smallest absolute Gasteiger partial charge is 0.241 e. The maximum absolute atomic E-state index is 10.2. The summed E-state index contributed by atoms with van der Waals surface area (Å²) in [5.41, 5.74) is -1.11. The zero-order valence-electron chi connectivity index (χ0n) is 5.70. The Bertz CT molecular complexity index is 155. The molecule has 0 aromatic rings. The molecule has 0 bridgehead atoms. The van der Waals surface area contributed by atoms with Crippen molar-refractivity contribution in [3.63, 3.8) is 0 Å². The Kier molecular flexibility index (Phi) is 1.61. The molecule has 1 saturated heterocycles. The summed E-state index contributed by atoms with van der Waals surface area (Å²) in [5.74, 6) is 0. The number of hydrogen-bond donors (Lipinski definition) is 2. The highest BCUT2D eigenvalue weighted by Gasteiger charge is 2.46. The first-order chi connectivity index (χ1) is 4.56. The molecule has 1 atom stereocenters. The molecule has 0 saturated carbocycles. The Morgan fingerprint density at radius 2 is 2.30 bits per heavy atom. The zero-order valence-corrected chi connectivity index (χ0v) is 5.70. The summed E-state index contributed by atoms with van der Waals surface area (Å²) in [6.45, 7) is 2.07. The van der Waals surface area contributed by atoms with E-state index in [1.165, 1.54) is 6.92 Å². The highest BCUT2D eigenvalue weighted by Crippen LogP contribution is 2.17. The van der Waals surface area contributed by atoms with Crippen molar-refractivity contribution < 1.29 is 10.0 Å². The van der Waals surface area contributed by atoms with E-state index in [0.717, 1.165) is 0 Å². The van der Waals surface area contributed by atoms with E-state index in [2.05, 4.69) is 5.32 Å². The standard InChI is InChI=1S/C5H10N2O3/c1-4(7(9)10)5(8)2-6-3-5/h4,6,8H,2-3H2,1H3. The molecule has 1 fully saturated rings. The highest BCUT2D eigenvalue weighted by atomic mass is 16.6. The lowest BCUT2D eigenvalue weighted by Crippen LogP contribution is -2.66. The summed E-state index contributed by atoms with van der Waals surface area (Å²) in [6, 6.07) is -0.867. The van der Waals surface area contributed by atoms with Gasteiger partial charge in [0.25, 0.3) is 0 Å². The monoisotopic (exact) mass is 146 g/mol. The minimum Gasteiger partial charge on any atom is -0.380 e. The molecule has 5 nitrogen and oxygen atoms in total. The van der Waals surface area contributed by atoms with Gasteiger partial charge in [0.05, 0.1) is 0 Å². The van der Waals surface area contributed by atoms with Crippen LogP contribution in [-0.4, -0.2) is 34.8 Å². The summed E-state index contributed by atoms with van der Waals surface area (Å²) in [5, 5.41) is 22.3. The second-order valence-corrected chi connectivity index (χ2v) is 2.67. The fraction of sp³-hybridized carbons (Fsp3) is 1.00. The van der Waals surface area contributed by atoms with E-state index in [1.807, 2.05) is 0 Å². The van der Waals surface area contributed by atoms with Gasteiger partial charge in [-0.3, -0.25) is 10.1 Å². The van der Waals surface area contributed by atoms with Gasteiger partial charge < -0.3 is 10.4 Å². The summed E-state index contributed by atoms with van der Waals surface area (Å²) < 4.78 is 0. The molecular weight excluding hydrogens is 136 g/mol. The van der Waals surface area contributed by atoms with Crippen LogP contribution in [0.4, 0.5) is 0 Å². The van der Waals surface area contributed by atoms with E-state index in [9.17, 15) is 15.2 Å². The molecule has 1 rings (SSSR count). The van der Waals surface area contributed by atoms with Gasteiger partial charge in [-0.05, 0) is 0 Å². The van der Waals surface area contributed by atoms with E-state index >= 15 is 0 Å². The van der Waals surface area contributed by atoms with Crippen LogP contribution in [0.5, 0.6) is 0 Å². The summed E-state index contributed by atoms with van der Waals surface area (Å²) >= 11 is 0. The largest absolute Gasteiger partial charge is 0.380 e. The normalized spacial score (nSPS) is 25.0. The lowest BCUT2D eigenvalue weighted by Gasteiger charge is -2.37. The van der Waals surface area contributed by atoms with Crippen LogP contribution in [0.25, 0.3) is 0 Å². The van der Waals surface area contributed by atoms with E-state index < -0.39 is 16.6 Å². The van der Waals surface area contributed by atoms with Crippen molar-refractivity contribution in [3.8, 4) is 0 Å². The van der Waals surface area contributed by atoms with Gasteiger partial charge in [-0.25, -0.2) is 0 Å². The molecule has 0 aromatic heterocycles. The van der Waals surface area contributed by atoms with E-state index in [1.54, 1.807) is 0 Å². The molecule has 1 aliphatic heterocycles. The zero-order chi connectivity index (χ0) is 7.78. The summed E-state index contributed by atoms with van der Waals surface area (Å²) in [7, 11) is 0. The lowest BCUT2D eigenvalue weighted by atomic mass is 9.90. The van der Waals surface area contributed by atoms with Crippen molar-refractivity contribution in [3.05, 3.63) is 10.1 Å². The SMILES string of the molecule is CC([N+](=O)[O-])C1(O)CNC1. The summed E-state index contributed by atoms with van der Waals surface area (Å²) in [6.07, 6.45) is 0. The number of nitro groups is 1. The Hall–Kier alpha value is -0.680. The van der Waals surface area contributed by atoms with E-state index in [-0.39, 0.29) is 0 Å². The number of nitrogens with zero attached hydrogens (tertiary/aromatic N) is 1. The van der Waals surface area contributed by atoms with Crippen LogP contribution in [0.15, 0.2) is 0 Å². The number of aliphatic hydroxyl groups is 1. The highest BCUT2D eigenvalue weighted by molar-refractivity contribution is 4.96. The molecule has 0 aromatic carbocycles. The molecule has 0 radical (unpaired) electrons. The average molecular weight is 146 g/mol. The first kappa shape index (κ1) is 7.43. The van der Waals surface area contributed by atoms with Gasteiger partial charge >= 0.3 is 0 Å². The Morgan fingerprint density at radius 3 is 2.40 bits per heavy atom. The molecule has 1 unspecified atom stereocenters. The van der Waals surface area contributed by atoms with Gasteiger partial charge in [-0.2, -0.15) is 0 Å². The van der Waals surface area contributed by atoms with Gasteiger partial charge in [-0.15, -0.1) is 0 Å². The van der Waals surface area contributed by atoms with Crippen LogP contribution >= 0.6 is 0 Å². The maximum Gasteiger partial charge on any atom is 0.241 e. The van der Waals surface area contributed by atoms with Crippen LogP contribution in [0.3, 0.4) is 0 Å². The quantitative estimate of drug-likeness (QED) is 0.386. The second kappa shape index (κ2) is 2.17. The molecule has 2 N–H and O–H groups in total. The second-order valence-electron chi connectivity index (χ2n) is 2.67. The maximum atomic E-state index is 10.2. The van der Waals surface area contributed by atoms with Crippen molar-refractivity contribution in [1.29, 1.82) is 0 Å². The van der Waals surface area contributed by atoms with E-state index in [4.69, 9.17) is 0 Å². The molecule has 10 heavy (non-hydrogen) atoms. The number of hydrogen-bond acceptors (Lipinski definition) is 4. The first-order valence-corrected chi connectivity index (χ1v) is 3.13. The molecule has 0 amide bonds. The predicted octanol–water partition coefficient (Wildman–Crippen LogP) is -1.01. The van der Waals surface area contributed by atoms with Gasteiger partial charge in [0, 0.05) is 24.9 Å². The molecule has 0 aliphatic carbocycles. The van der Waals surface area contributed by atoms with Gasteiger partial charge in [0.15, 0.2) is 5.60 Å². The fourth-order valence-electron chi connectivity index (χ4n) is 0.873.